The highest BCUT2D eigenvalue weighted by Gasteiger charge is 2.43. The molecule has 1 fully saturated rings. The molecular formula is C26H31ClFNO. The van der Waals surface area contributed by atoms with Crippen LogP contribution in [0.5, 0.6) is 0 Å². The molecule has 1 spiro atoms. The van der Waals surface area contributed by atoms with Gasteiger partial charge in [0.1, 0.15) is 5.82 Å². The summed E-state index contributed by atoms with van der Waals surface area (Å²) in [6.07, 6.45) is 7.27. The van der Waals surface area contributed by atoms with Crippen LogP contribution in [0.25, 0.3) is 5.57 Å². The Morgan fingerprint density at radius 3 is 2.47 bits per heavy atom. The fraction of sp³-hybridized carbons (Fsp3) is 0.423. The van der Waals surface area contributed by atoms with Crippen molar-refractivity contribution < 1.29 is 9.18 Å². The minimum atomic E-state index is -0.301. The van der Waals surface area contributed by atoms with Gasteiger partial charge in [0.25, 0.3) is 0 Å². The summed E-state index contributed by atoms with van der Waals surface area (Å²) in [5.41, 5.74) is 5.05. The molecule has 0 radical (unpaired) electrons. The number of halogens is 2. The lowest BCUT2D eigenvalue weighted by Crippen LogP contribution is -2.39. The van der Waals surface area contributed by atoms with E-state index in [1.807, 2.05) is 0 Å². The molecule has 0 saturated heterocycles. The zero-order valence-corrected chi connectivity index (χ0v) is 18.5. The summed E-state index contributed by atoms with van der Waals surface area (Å²) < 4.78 is 13.0. The number of allylic oxidation sites excluding steroid dienone is 1. The average Bonchev–Trinajstić information content (AvgIpc) is 3.00. The quantitative estimate of drug-likeness (QED) is 0.501. The maximum atomic E-state index is 13.0. The van der Waals surface area contributed by atoms with Gasteiger partial charge in [0.05, 0.1) is 0 Å². The van der Waals surface area contributed by atoms with E-state index in [1.54, 1.807) is 12.1 Å². The second-order valence-corrected chi connectivity index (χ2v) is 8.84. The van der Waals surface area contributed by atoms with Crippen LogP contribution in [-0.4, -0.2) is 30.3 Å². The molecule has 0 aliphatic heterocycles. The van der Waals surface area contributed by atoms with Crippen LogP contribution in [0.1, 0.15) is 60.0 Å². The van der Waals surface area contributed by atoms with Gasteiger partial charge in [0, 0.05) is 18.0 Å². The average molecular weight is 428 g/mol. The maximum Gasteiger partial charge on any atom is 0.162 e. The largest absolute Gasteiger partial charge is 0.303 e. The van der Waals surface area contributed by atoms with Crippen molar-refractivity contribution in [1.29, 1.82) is 0 Å². The second kappa shape index (κ2) is 9.45. The zero-order valence-electron chi connectivity index (χ0n) is 17.7. The van der Waals surface area contributed by atoms with E-state index in [-0.39, 0.29) is 29.4 Å². The van der Waals surface area contributed by atoms with Crippen molar-refractivity contribution in [2.24, 2.45) is 5.41 Å². The first-order valence-corrected chi connectivity index (χ1v) is 10.8. The third-order valence-corrected chi connectivity index (χ3v) is 7.13. The minimum absolute atomic E-state index is 0. The lowest BCUT2D eigenvalue weighted by molar-refractivity contribution is 0.0965. The van der Waals surface area contributed by atoms with E-state index in [0.29, 0.717) is 18.0 Å². The van der Waals surface area contributed by atoms with Gasteiger partial charge in [-0.1, -0.05) is 30.8 Å². The fourth-order valence-corrected chi connectivity index (χ4v) is 5.25. The molecule has 0 bridgehead atoms. The molecule has 0 aromatic heterocycles. The van der Waals surface area contributed by atoms with E-state index in [2.05, 4.69) is 42.8 Å². The van der Waals surface area contributed by atoms with Gasteiger partial charge in [-0.25, -0.2) is 4.39 Å². The molecule has 0 N–H and O–H groups in total. The lowest BCUT2D eigenvalue weighted by Gasteiger charge is -2.41. The number of carbonyl (C=O) groups excluding carboxylic acids is 1. The summed E-state index contributed by atoms with van der Waals surface area (Å²) in [4.78, 5) is 14.7. The monoisotopic (exact) mass is 427 g/mol. The summed E-state index contributed by atoms with van der Waals surface area (Å²) in [6, 6.07) is 15.2. The van der Waals surface area contributed by atoms with Gasteiger partial charge in [-0.3, -0.25) is 4.79 Å². The molecular weight excluding hydrogens is 397 g/mol. The molecule has 0 heterocycles. The van der Waals surface area contributed by atoms with Gasteiger partial charge in [0.15, 0.2) is 5.78 Å². The predicted octanol–water partition coefficient (Wildman–Crippen LogP) is 6.34. The molecule has 2 nitrogen and oxygen atoms in total. The molecule has 4 heteroatoms. The van der Waals surface area contributed by atoms with Crippen LogP contribution in [0.4, 0.5) is 4.39 Å². The number of hydrogen-bond acceptors (Lipinski definition) is 2. The normalized spacial score (nSPS) is 22.8. The third-order valence-electron chi connectivity index (χ3n) is 7.13. The number of fused-ring (bicyclic) bond motifs is 1. The van der Waals surface area contributed by atoms with Gasteiger partial charge in [0.2, 0.25) is 0 Å². The summed E-state index contributed by atoms with van der Waals surface area (Å²) in [5, 5.41) is 0. The number of Topliss-reactive ketones (excluding diaryl/α,β-unsaturated/α-hetero) is 1. The van der Waals surface area contributed by atoms with Gasteiger partial charge >= 0.3 is 0 Å². The van der Waals surface area contributed by atoms with E-state index in [9.17, 15) is 9.18 Å². The van der Waals surface area contributed by atoms with Crippen molar-refractivity contribution in [3.05, 3.63) is 77.6 Å². The maximum absolute atomic E-state index is 13.0. The standard InChI is InChI=1S/C26H30FNO.ClH/c1-19-24-7-4-3-6-21(24)18-26(19)15-13-23(14-16-26)28(2)17-5-8-25(29)20-9-11-22(27)12-10-20;/h3-4,6-7,9-12,23H,1,5,8,13-18H2,2H3;1H. The number of benzene rings is 2. The van der Waals surface area contributed by atoms with E-state index in [0.717, 1.165) is 19.4 Å². The van der Waals surface area contributed by atoms with Crippen molar-refractivity contribution in [3.8, 4) is 0 Å². The second-order valence-electron chi connectivity index (χ2n) is 8.84. The van der Waals surface area contributed by atoms with E-state index in [1.165, 1.54) is 54.5 Å². The van der Waals surface area contributed by atoms with Crippen LogP contribution in [0.2, 0.25) is 0 Å². The molecule has 2 aliphatic carbocycles. The molecule has 2 aromatic rings. The topological polar surface area (TPSA) is 20.3 Å². The van der Waals surface area contributed by atoms with Crippen LogP contribution in [0, 0.1) is 11.2 Å². The summed E-state index contributed by atoms with van der Waals surface area (Å²) in [6.45, 7) is 5.39. The molecule has 160 valence electrons. The van der Waals surface area contributed by atoms with Crippen molar-refractivity contribution in [2.75, 3.05) is 13.6 Å². The number of carbonyl (C=O) groups is 1. The van der Waals surface area contributed by atoms with E-state index < -0.39 is 0 Å². The fourth-order valence-electron chi connectivity index (χ4n) is 5.25. The zero-order chi connectivity index (χ0) is 20.4. The highest BCUT2D eigenvalue weighted by Crippen LogP contribution is 2.54. The third kappa shape index (κ3) is 4.53. The Kier molecular flexibility index (Phi) is 7.15. The molecule has 1 saturated carbocycles. The van der Waals surface area contributed by atoms with Crippen LogP contribution < -0.4 is 0 Å². The van der Waals surface area contributed by atoms with Gasteiger partial charge in [-0.15, -0.1) is 12.4 Å². The van der Waals surface area contributed by atoms with Crippen LogP contribution in [-0.2, 0) is 6.42 Å². The van der Waals surface area contributed by atoms with Crippen molar-refractivity contribution in [1.82, 2.24) is 4.90 Å². The molecule has 0 unspecified atom stereocenters. The first-order valence-electron chi connectivity index (χ1n) is 10.8. The Morgan fingerprint density at radius 1 is 1.13 bits per heavy atom. The number of hydrogen-bond donors (Lipinski definition) is 0. The minimum Gasteiger partial charge on any atom is -0.303 e. The van der Waals surface area contributed by atoms with Crippen molar-refractivity contribution in [2.45, 2.75) is 51.0 Å². The molecule has 0 atom stereocenters. The van der Waals surface area contributed by atoms with Gasteiger partial charge < -0.3 is 4.90 Å². The first kappa shape index (κ1) is 22.7. The summed E-state index contributed by atoms with van der Waals surface area (Å²) in [7, 11) is 2.18. The number of ketones is 1. The molecule has 0 amide bonds. The Bertz CT molecular complexity index is 900. The van der Waals surface area contributed by atoms with Gasteiger partial charge in [-0.05, 0) is 98.5 Å². The Morgan fingerprint density at radius 2 is 1.80 bits per heavy atom. The Labute approximate surface area is 185 Å². The van der Waals surface area contributed by atoms with Crippen molar-refractivity contribution >= 4 is 23.8 Å². The smallest absolute Gasteiger partial charge is 0.162 e. The SMILES string of the molecule is C=C1c2ccccc2CC12CCC(N(C)CCCC(=O)c1ccc(F)cc1)CC2.Cl. The molecule has 2 aliphatic rings. The summed E-state index contributed by atoms with van der Waals surface area (Å²) >= 11 is 0. The van der Waals surface area contributed by atoms with Crippen LogP contribution >= 0.6 is 12.4 Å². The first-order chi connectivity index (χ1) is 14.0. The summed E-state index contributed by atoms with van der Waals surface area (Å²) in [5.74, 6) is -0.203. The van der Waals surface area contributed by atoms with Gasteiger partial charge in [-0.2, -0.15) is 0 Å². The Balaban J connectivity index is 0.00000256. The van der Waals surface area contributed by atoms with Crippen LogP contribution in [0.3, 0.4) is 0 Å². The van der Waals surface area contributed by atoms with Crippen molar-refractivity contribution in [3.63, 3.8) is 0 Å². The Hall–Kier alpha value is -1.97. The number of nitrogens with zero attached hydrogens (tertiary/aromatic N) is 1. The van der Waals surface area contributed by atoms with E-state index in [4.69, 9.17) is 0 Å². The van der Waals surface area contributed by atoms with E-state index >= 15 is 0 Å². The number of rotatable bonds is 6. The molecule has 30 heavy (non-hydrogen) atoms. The predicted molar refractivity (Wildman–Crippen MR) is 124 cm³/mol. The lowest BCUT2D eigenvalue weighted by atomic mass is 9.68. The molecule has 4 rings (SSSR count). The highest BCUT2D eigenvalue weighted by atomic mass is 35.5. The highest BCUT2D eigenvalue weighted by molar-refractivity contribution is 5.95. The molecule has 2 aromatic carbocycles. The van der Waals surface area contributed by atoms with Crippen LogP contribution in [0.15, 0.2) is 55.1 Å².